The van der Waals surface area contributed by atoms with E-state index in [-0.39, 0.29) is 5.91 Å². The number of nitrogens with one attached hydrogen (secondary N) is 1. The van der Waals surface area contributed by atoms with Gasteiger partial charge in [-0.05, 0) is 32.2 Å². The molecule has 1 unspecified atom stereocenters. The molecule has 1 fully saturated rings. The van der Waals surface area contributed by atoms with Crippen molar-refractivity contribution in [1.29, 1.82) is 0 Å². The molecule has 64 valence electrons. The molecule has 0 aromatic carbocycles. The summed E-state index contributed by atoms with van der Waals surface area (Å²) in [5.41, 5.74) is 5.37. The van der Waals surface area contributed by atoms with E-state index in [0.29, 0.717) is 12.5 Å². The third kappa shape index (κ3) is 2.89. The zero-order valence-electron chi connectivity index (χ0n) is 6.81. The van der Waals surface area contributed by atoms with Crippen molar-refractivity contribution in [3.8, 4) is 0 Å². The summed E-state index contributed by atoms with van der Waals surface area (Å²) in [5.74, 6) is 0.207. The zero-order valence-corrected chi connectivity index (χ0v) is 6.81. The van der Waals surface area contributed by atoms with E-state index in [1.165, 1.54) is 0 Å². The lowest BCUT2D eigenvalue weighted by atomic mass is 10.0. The molecule has 1 heterocycles. The first-order chi connectivity index (χ1) is 5.33. The number of hydrogen-bond acceptors (Lipinski definition) is 2. The third-order valence-corrected chi connectivity index (χ3v) is 2.08. The van der Waals surface area contributed by atoms with Crippen LogP contribution in [0.15, 0.2) is 0 Å². The Balaban J connectivity index is 2.17. The van der Waals surface area contributed by atoms with E-state index in [2.05, 4.69) is 5.32 Å². The van der Waals surface area contributed by atoms with Gasteiger partial charge in [0.25, 0.3) is 0 Å². The first-order valence-corrected chi connectivity index (χ1v) is 4.32. The Hall–Kier alpha value is -0.570. The average Bonchev–Trinajstić information content (AvgIpc) is 2.01. The van der Waals surface area contributed by atoms with E-state index in [1.54, 1.807) is 0 Å². The van der Waals surface area contributed by atoms with Crippen molar-refractivity contribution in [3.63, 3.8) is 0 Å². The lowest BCUT2D eigenvalue weighted by Gasteiger charge is -2.22. The summed E-state index contributed by atoms with van der Waals surface area (Å²) in [6.07, 6.45) is 4.94. The highest BCUT2D eigenvalue weighted by Crippen LogP contribution is 2.11. The standard InChI is InChI=1S/C8H16N2O/c9-6-2-4-7-3-1-5-8(11)10-7/h7H,1-6,9H2,(H,10,11). The predicted molar refractivity (Wildman–Crippen MR) is 44.1 cm³/mol. The van der Waals surface area contributed by atoms with Gasteiger partial charge in [0.05, 0.1) is 0 Å². The van der Waals surface area contributed by atoms with Crippen LogP contribution in [0.25, 0.3) is 0 Å². The fraction of sp³-hybridized carbons (Fsp3) is 0.875. The molecule has 3 nitrogen and oxygen atoms in total. The minimum atomic E-state index is 0.207. The predicted octanol–water partition coefficient (Wildman–Crippen LogP) is 0.394. The van der Waals surface area contributed by atoms with Crippen LogP contribution in [-0.2, 0) is 4.79 Å². The lowest BCUT2D eigenvalue weighted by molar-refractivity contribution is -0.123. The van der Waals surface area contributed by atoms with E-state index >= 15 is 0 Å². The Bertz CT molecular complexity index is 136. The maximum absolute atomic E-state index is 10.9. The topological polar surface area (TPSA) is 55.1 Å². The number of hydrogen-bond donors (Lipinski definition) is 2. The molecule has 0 aromatic rings. The summed E-state index contributed by atoms with van der Waals surface area (Å²) < 4.78 is 0. The molecule has 3 N–H and O–H groups in total. The van der Waals surface area contributed by atoms with Crippen molar-refractivity contribution >= 4 is 5.91 Å². The Morgan fingerprint density at radius 1 is 1.64 bits per heavy atom. The van der Waals surface area contributed by atoms with Crippen LogP contribution in [0.5, 0.6) is 0 Å². The van der Waals surface area contributed by atoms with Crippen LogP contribution in [0.1, 0.15) is 32.1 Å². The molecule has 1 aliphatic rings. The molecule has 0 radical (unpaired) electrons. The van der Waals surface area contributed by atoms with Crippen molar-refractivity contribution < 1.29 is 4.79 Å². The first-order valence-electron chi connectivity index (χ1n) is 4.32. The van der Waals surface area contributed by atoms with Crippen molar-refractivity contribution in [2.45, 2.75) is 38.1 Å². The molecule has 1 atom stereocenters. The minimum absolute atomic E-state index is 0.207. The molecule has 1 rings (SSSR count). The van der Waals surface area contributed by atoms with Gasteiger partial charge in [-0.25, -0.2) is 0 Å². The number of piperidine rings is 1. The Morgan fingerprint density at radius 2 is 2.45 bits per heavy atom. The fourth-order valence-corrected chi connectivity index (χ4v) is 1.46. The van der Waals surface area contributed by atoms with E-state index in [1.807, 2.05) is 0 Å². The smallest absolute Gasteiger partial charge is 0.220 e. The van der Waals surface area contributed by atoms with Crippen LogP contribution in [0.3, 0.4) is 0 Å². The molecule has 11 heavy (non-hydrogen) atoms. The normalized spacial score (nSPS) is 24.8. The monoisotopic (exact) mass is 156 g/mol. The van der Waals surface area contributed by atoms with Gasteiger partial charge in [-0.3, -0.25) is 4.79 Å². The molecular weight excluding hydrogens is 140 g/mol. The second-order valence-electron chi connectivity index (χ2n) is 3.09. The van der Waals surface area contributed by atoms with Gasteiger partial charge in [-0.15, -0.1) is 0 Å². The summed E-state index contributed by atoms with van der Waals surface area (Å²) in [4.78, 5) is 10.9. The molecule has 3 heteroatoms. The van der Waals surface area contributed by atoms with Gasteiger partial charge >= 0.3 is 0 Å². The second kappa shape index (κ2) is 4.34. The summed E-state index contributed by atoms with van der Waals surface area (Å²) >= 11 is 0. The van der Waals surface area contributed by atoms with E-state index < -0.39 is 0 Å². The van der Waals surface area contributed by atoms with Crippen molar-refractivity contribution in [2.24, 2.45) is 5.73 Å². The summed E-state index contributed by atoms with van der Waals surface area (Å²) in [6.45, 7) is 0.729. The van der Waals surface area contributed by atoms with Crippen LogP contribution >= 0.6 is 0 Å². The maximum Gasteiger partial charge on any atom is 0.220 e. The SMILES string of the molecule is NCCCC1CCCC(=O)N1. The van der Waals surface area contributed by atoms with Crippen LogP contribution in [0.2, 0.25) is 0 Å². The number of amides is 1. The molecule has 0 bridgehead atoms. The fourth-order valence-electron chi connectivity index (χ4n) is 1.46. The number of rotatable bonds is 3. The van der Waals surface area contributed by atoms with E-state index in [0.717, 1.165) is 32.2 Å². The lowest BCUT2D eigenvalue weighted by Crippen LogP contribution is -2.38. The van der Waals surface area contributed by atoms with E-state index in [4.69, 9.17) is 5.73 Å². The van der Waals surface area contributed by atoms with Crippen LogP contribution in [0, 0.1) is 0 Å². The Labute approximate surface area is 67.3 Å². The average molecular weight is 156 g/mol. The molecular formula is C8H16N2O. The van der Waals surface area contributed by atoms with Gasteiger partial charge in [0.2, 0.25) is 5.91 Å². The molecule has 1 saturated heterocycles. The molecule has 0 spiro atoms. The highest BCUT2D eigenvalue weighted by molar-refractivity contribution is 5.76. The summed E-state index contributed by atoms with van der Waals surface area (Å²) in [6, 6.07) is 0.403. The molecule has 0 saturated carbocycles. The van der Waals surface area contributed by atoms with E-state index in [9.17, 15) is 4.79 Å². The minimum Gasteiger partial charge on any atom is -0.353 e. The van der Waals surface area contributed by atoms with Gasteiger partial charge in [-0.2, -0.15) is 0 Å². The number of nitrogens with two attached hydrogens (primary N) is 1. The quantitative estimate of drug-likeness (QED) is 0.621. The Kier molecular flexibility index (Phi) is 3.36. The van der Waals surface area contributed by atoms with Crippen LogP contribution < -0.4 is 11.1 Å². The molecule has 1 aliphatic heterocycles. The third-order valence-electron chi connectivity index (χ3n) is 2.08. The largest absolute Gasteiger partial charge is 0.353 e. The van der Waals surface area contributed by atoms with Crippen molar-refractivity contribution in [1.82, 2.24) is 5.32 Å². The van der Waals surface area contributed by atoms with Crippen LogP contribution in [0.4, 0.5) is 0 Å². The molecule has 0 aromatic heterocycles. The maximum atomic E-state index is 10.9. The second-order valence-corrected chi connectivity index (χ2v) is 3.09. The van der Waals surface area contributed by atoms with Gasteiger partial charge < -0.3 is 11.1 Å². The Morgan fingerprint density at radius 3 is 3.09 bits per heavy atom. The first kappa shape index (κ1) is 8.53. The summed E-state index contributed by atoms with van der Waals surface area (Å²) in [5, 5.41) is 2.96. The van der Waals surface area contributed by atoms with Gasteiger partial charge in [0.1, 0.15) is 0 Å². The molecule has 0 aliphatic carbocycles. The number of carbonyl (C=O) groups is 1. The molecule has 1 amide bonds. The van der Waals surface area contributed by atoms with Gasteiger partial charge in [0.15, 0.2) is 0 Å². The summed E-state index contributed by atoms with van der Waals surface area (Å²) in [7, 11) is 0. The van der Waals surface area contributed by atoms with Crippen molar-refractivity contribution in [3.05, 3.63) is 0 Å². The number of carbonyl (C=O) groups excluding carboxylic acids is 1. The zero-order chi connectivity index (χ0) is 8.10. The van der Waals surface area contributed by atoms with Gasteiger partial charge in [-0.1, -0.05) is 0 Å². The van der Waals surface area contributed by atoms with Crippen LogP contribution in [-0.4, -0.2) is 18.5 Å². The highest BCUT2D eigenvalue weighted by Gasteiger charge is 2.16. The van der Waals surface area contributed by atoms with Crippen molar-refractivity contribution in [2.75, 3.05) is 6.54 Å². The highest BCUT2D eigenvalue weighted by atomic mass is 16.1. The van der Waals surface area contributed by atoms with Gasteiger partial charge in [0, 0.05) is 12.5 Å².